The smallest absolute Gasteiger partial charge is 0.405 e. The van der Waals surface area contributed by atoms with Crippen molar-refractivity contribution in [3.63, 3.8) is 0 Å². The third kappa shape index (κ3) is 4.34. The van der Waals surface area contributed by atoms with E-state index in [1.807, 2.05) is 56.3 Å². The summed E-state index contributed by atoms with van der Waals surface area (Å²) in [7, 11) is 1.64. The molecule has 0 saturated carbocycles. The second-order valence-electron chi connectivity index (χ2n) is 7.22. The first-order chi connectivity index (χ1) is 12.9. The summed E-state index contributed by atoms with van der Waals surface area (Å²) >= 11 is 0. The monoisotopic (exact) mass is 371 g/mol. The summed E-state index contributed by atoms with van der Waals surface area (Å²) in [4.78, 5) is 11.3. The van der Waals surface area contributed by atoms with Crippen molar-refractivity contribution < 1.29 is 23.7 Å². The summed E-state index contributed by atoms with van der Waals surface area (Å²) in [5, 5.41) is 0. The van der Waals surface area contributed by atoms with Crippen LogP contribution in [0.15, 0.2) is 42.5 Å². The molecule has 1 aliphatic heterocycles. The lowest BCUT2D eigenvalue weighted by Gasteiger charge is -2.38. The van der Waals surface area contributed by atoms with Crippen LogP contribution in [0, 0.1) is 5.41 Å². The van der Waals surface area contributed by atoms with E-state index in [9.17, 15) is 4.79 Å². The molecule has 1 unspecified atom stereocenters. The normalized spacial score (nSPS) is 17.5. The molecule has 0 aromatic heterocycles. The van der Waals surface area contributed by atoms with Crippen LogP contribution in [0.3, 0.4) is 0 Å². The van der Waals surface area contributed by atoms with E-state index in [2.05, 4.69) is 0 Å². The maximum Gasteiger partial charge on any atom is 0.405 e. The van der Waals surface area contributed by atoms with Gasteiger partial charge in [-0.3, -0.25) is 0 Å². The molecule has 0 fully saturated rings. The first kappa shape index (κ1) is 19.0. The quantitative estimate of drug-likeness (QED) is 0.778. The fraction of sp³-hybridized carbons (Fsp3) is 0.381. The lowest BCUT2D eigenvalue weighted by molar-refractivity contribution is -0.0176. The first-order valence-corrected chi connectivity index (χ1v) is 8.86. The van der Waals surface area contributed by atoms with Gasteiger partial charge in [-0.15, -0.1) is 0 Å². The number of carbonyl (C=O) groups is 1. The molecule has 1 atom stereocenters. The molecule has 1 heterocycles. The standard InChI is InChI=1S/C21H25NO5/c1-21(2)13-26-18-12-15(7-8-17(18)19(21)27-20(22)23)14-5-4-6-16(11-14)25-10-9-24-3/h4-8,11-12,19H,9-10,13H2,1-3H3,(H2,22,23). The molecule has 6 heteroatoms. The number of benzene rings is 2. The van der Waals surface area contributed by atoms with Gasteiger partial charge in [0, 0.05) is 18.1 Å². The highest BCUT2D eigenvalue weighted by Crippen LogP contribution is 2.46. The molecule has 1 aliphatic rings. The molecular formula is C21H25NO5. The molecule has 2 N–H and O–H groups in total. The minimum atomic E-state index is -0.786. The van der Waals surface area contributed by atoms with Gasteiger partial charge in [0.2, 0.25) is 0 Å². The molecule has 3 rings (SSSR count). The molecule has 0 bridgehead atoms. The van der Waals surface area contributed by atoms with E-state index in [1.54, 1.807) is 7.11 Å². The minimum absolute atomic E-state index is 0.362. The van der Waals surface area contributed by atoms with Crippen molar-refractivity contribution in [1.82, 2.24) is 0 Å². The van der Waals surface area contributed by atoms with Gasteiger partial charge >= 0.3 is 6.09 Å². The third-order valence-corrected chi connectivity index (χ3v) is 4.56. The van der Waals surface area contributed by atoms with E-state index >= 15 is 0 Å². The van der Waals surface area contributed by atoms with E-state index < -0.39 is 12.2 Å². The zero-order chi connectivity index (χ0) is 19.4. The summed E-state index contributed by atoms with van der Waals surface area (Å²) in [6, 6.07) is 13.7. The SMILES string of the molecule is COCCOc1cccc(-c2ccc3c(c2)OCC(C)(C)C3OC(N)=O)c1. The van der Waals surface area contributed by atoms with Crippen molar-refractivity contribution in [3.8, 4) is 22.6 Å². The Balaban J connectivity index is 1.88. The topological polar surface area (TPSA) is 80.0 Å². The predicted molar refractivity (Wildman–Crippen MR) is 102 cm³/mol. The second-order valence-corrected chi connectivity index (χ2v) is 7.22. The van der Waals surface area contributed by atoms with Gasteiger partial charge in [0.1, 0.15) is 24.2 Å². The molecular weight excluding hydrogens is 346 g/mol. The Morgan fingerprint density at radius 3 is 2.70 bits per heavy atom. The highest BCUT2D eigenvalue weighted by Gasteiger charge is 2.40. The molecule has 0 saturated heterocycles. The Morgan fingerprint density at radius 1 is 1.19 bits per heavy atom. The molecule has 0 spiro atoms. The Labute approximate surface area is 159 Å². The summed E-state index contributed by atoms with van der Waals surface area (Å²) < 4.78 is 22.0. The van der Waals surface area contributed by atoms with Crippen molar-refractivity contribution in [1.29, 1.82) is 0 Å². The molecule has 27 heavy (non-hydrogen) atoms. The van der Waals surface area contributed by atoms with Crippen molar-refractivity contribution in [2.75, 3.05) is 26.9 Å². The van der Waals surface area contributed by atoms with Crippen LogP contribution in [0.2, 0.25) is 0 Å². The summed E-state index contributed by atoms with van der Waals surface area (Å²) in [5.41, 5.74) is 7.72. The maximum absolute atomic E-state index is 11.3. The number of carbonyl (C=O) groups excluding carboxylic acids is 1. The van der Waals surface area contributed by atoms with Gasteiger partial charge in [-0.05, 0) is 29.3 Å². The number of primary amides is 1. The van der Waals surface area contributed by atoms with Gasteiger partial charge in [-0.25, -0.2) is 4.79 Å². The number of ether oxygens (including phenoxy) is 4. The van der Waals surface area contributed by atoms with Gasteiger partial charge in [0.05, 0.1) is 13.2 Å². The number of nitrogens with two attached hydrogens (primary N) is 1. The number of hydrogen-bond donors (Lipinski definition) is 1. The van der Waals surface area contributed by atoms with Crippen molar-refractivity contribution in [2.24, 2.45) is 11.1 Å². The predicted octanol–water partition coefficient (Wildman–Crippen LogP) is 3.93. The van der Waals surface area contributed by atoms with Crippen LogP contribution >= 0.6 is 0 Å². The number of hydrogen-bond acceptors (Lipinski definition) is 5. The highest BCUT2D eigenvalue weighted by molar-refractivity contribution is 5.69. The number of fused-ring (bicyclic) bond motifs is 1. The highest BCUT2D eigenvalue weighted by atomic mass is 16.6. The largest absolute Gasteiger partial charge is 0.492 e. The molecule has 144 valence electrons. The van der Waals surface area contributed by atoms with Gasteiger partial charge in [0.25, 0.3) is 0 Å². The van der Waals surface area contributed by atoms with Crippen LogP contribution in [0.4, 0.5) is 4.79 Å². The third-order valence-electron chi connectivity index (χ3n) is 4.56. The van der Waals surface area contributed by atoms with E-state index in [0.29, 0.717) is 25.6 Å². The zero-order valence-corrected chi connectivity index (χ0v) is 15.9. The fourth-order valence-corrected chi connectivity index (χ4v) is 3.16. The van der Waals surface area contributed by atoms with Crippen molar-refractivity contribution in [2.45, 2.75) is 20.0 Å². The fourth-order valence-electron chi connectivity index (χ4n) is 3.16. The van der Waals surface area contributed by atoms with Crippen LogP contribution < -0.4 is 15.2 Å². The number of amides is 1. The Kier molecular flexibility index (Phi) is 5.56. The van der Waals surface area contributed by atoms with E-state index in [4.69, 9.17) is 24.7 Å². The molecule has 2 aromatic rings. The summed E-state index contributed by atoms with van der Waals surface area (Å²) in [5.74, 6) is 1.48. The van der Waals surface area contributed by atoms with Crippen LogP contribution in [0.5, 0.6) is 11.5 Å². The van der Waals surface area contributed by atoms with Gasteiger partial charge in [-0.2, -0.15) is 0 Å². The Hall–Kier alpha value is -2.73. The lowest BCUT2D eigenvalue weighted by Crippen LogP contribution is -2.37. The van der Waals surface area contributed by atoms with Crippen molar-refractivity contribution >= 4 is 6.09 Å². The second kappa shape index (κ2) is 7.88. The zero-order valence-electron chi connectivity index (χ0n) is 15.9. The van der Waals surface area contributed by atoms with Crippen molar-refractivity contribution in [3.05, 3.63) is 48.0 Å². The average Bonchev–Trinajstić information content (AvgIpc) is 2.64. The van der Waals surface area contributed by atoms with E-state index in [0.717, 1.165) is 22.4 Å². The van der Waals surface area contributed by atoms with Gasteiger partial charge in [-0.1, -0.05) is 38.1 Å². The molecule has 0 aliphatic carbocycles. The lowest BCUT2D eigenvalue weighted by atomic mass is 9.80. The number of rotatable bonds is 6. The maximum atomic E-state index is 11.3. The summed E-state index contributed by atoms with van der Waals surface area (Å²) in [6.07, 6.45) is -1.23. The van der Waals surface area contributed by atoms with Crippen LogP contribution in [-0.4, -0.2) is 33.0 Å². The van der Waals surface area contributed by atoms with Gasteiger partial charge < -0.3 is 24.7 Å². The van der Waals surface area contributed by atoms with Gasteiger partial charge in [0.15, 0.2) is 0 Å². The Morgan fingerprint density at radius 2 is 1.96 bits per heavy atom. The molecule has 6 nitrogen and oxygen atoms in total. The van der Waals surface area contributed by atoms with Crippen LogP contribution in [0.1, 0.15) is 25.5 Å². The van der Waals surface area contributed by atoms with E-state index in [1.165, 1.54) is 0 Å². The number of methoxy groups -OCH3 is 1. The van der Waals surface area contributed by atoms with Crippen LogP contribution in [0.25, 0.3) is 11.1 Å². The molecule has 1 amide bonds. The minimum Gasteiger partial charge on any atom is -0.492 e. The summed E-state index contributed by atoms with van der Waals surface area (Å²) in [6.45, 7) is 5.43. The Bertz CT molecular complexity index is 818. The molecule has 0 radical (unpaired) electrons. The molecule has 2 aromatic carbocycles. The van der Waals surface area contributed by atoms with Crippen LogP contribution in [-0.2, 0) is 9.47 Å². The average molecular weight is 371 g/mol. The van der Waals surface area contributed by atoms with E-state index in [-0.39, 0.29) is 5.41 Å². The first-order valence-electron chi connectivity index (χ1n) is 8.86.